The van der Waals surface area contributed by atoms with Crippen molar-refractivity contribution in [3.63, 3.8) is 0 Å². The number of aliphatic imine (C=N–C) groups is 1. The topological polar surface area (TPSA) is 110 Å². The molecular weight excluding hydrogens is 250 g/mol. The average Bonchev–Trinajstić information content (AvgIpc) is 2.93. The van der Waals surface area contributed by atoms with E-state index in [2.05, 4.69) is 25.6 Å². The monoisotopic (exact) mass is 259 g/mol. The number of benzene rings is 1. The number of nitrogens with zero attached hydrogens (tertiary/aromatic N) is 4. The SMILES string of the molecule is CCOC(=O)c1ccc(N=C=O)cc1-c1nn[nH]n1. The van der Waals surface area contributed by atoms with Gasteiger partial charge >= 0.3 is 5.97 Å². The van der Waals surface area contributed by atoms with Gasteiger partial charge in [-0.05, 0) is 30.3 Å². The molecule has 0 saturated carbocycles. The third-order valence-electron chi connectivity index (χ3n) is 2.26. The van der Waals surface area contributed by atoms with Gasteiger partial charge in [0.25, 0.3) is 0 Å². The summed E-state index contributed by atoms with van der Waals surface area (Å²) in [5, 5.41) is 13.3. The molecule has 1 heterocycles. The minimum atomic E-state index is -0.510. The van der Waals surface area contributed by atoms with E-state index in [-0.39, 0.29) is 18.0 Å². The Labute approximate surface area is 107 Å². The highest BCUT2D eigenvalue weighted by Crippen LogP contribution is 2.25. The molecule has 0 aliphatic heterocycles. The summed E-state index contributed by atoms with van der Waals surface area (Å²) < 4.78 is 4.93. The number of isocyanates is 1. The van der Waals surface area contributed by atoms with Crippen LogP contribution in [-0.2, 0) is 9.53 Å². The Morgan fingerprint density at radius 3 is 3.00 bits per heavy atom. The molecule has 8 heteroatoms. The molecule has 0 unspecified atom stereocenters. The fourth-order valence-corrected chi connectivity index (χ4v) is 1.50. The molecule has 96 valence electrons. The Kier molecular flexibility index (Phi) is 3.75. The summed E-state index contributed by atoms with van der Waals surface area (Å²) in [5.74, 6) is -0.296. The van der Waals surface area contributed by atoms with Crippen LogP contribution >= 0.6 is 0 Å². The van der Waals surface area contributed by atoms with Gasteiger partial charge in [0, 0.05) is 5.56 Å². The maximum Gasteiger partial charge on any atom is 0.338 e. The number of esters is 1. The van der Waals surface area contributed by atoms with Crippen LogP contribution in [0.2, 0.25) is 0 Å². The molecule has 0 bridgehead atoms. The van der Waals surface area contributed by atoms with Crippen LogP contribution in [0.1, 0.15) is 17.3 Å². The number of ether oxygens (including phenoxy) is 1. The van der Waals surface area contributed by atoms with Crippen LogP contribution in [0.3, 0.4) is 0 Å². The number of tetrazole rings is 1. The Bertz CT molecular complexity index is 632. The highest BCUT2D eigenvalue weighted by Gasteiger charge is 2.17. The molecule has 1 N–H and O–H groups in total. The number of carbonyl (C=O) groups is 1. The number of aromatic amines is 1. The first-order valence-corrected chi connectivity index (χ1v) is 5.39. The van der Waals surface area contributed by atoms with Crippen molar-refractivity contribution < 1.29 is 14.3 Å². The molecule has 0 amide bonds. The van der Waals surface area contributed by atoms with Gasteiger partial charge in [-0.2, -0.15) is 10.2 Å². The van der Waals surface area contributed by atoms with Crippen molar-refractivity contribution in [1.82, 2.24) is 20.6 Å². The van der Waals surface area contributed by atoms with Crippen molar-refractivity contribution in [3.8, 4) is 11.4 Å². The first kappa shape index (κ1) is 12.6. The minimum absolute atomic E-state index is 0.214. The van der Waals surface area contributed by atoms with Crippen molar-refractivity contribution in [2.45, 2.75) is 6.92 Å². The molecule has 1 aromatic heterocycles. The normalized spacial score (nSPS) is 9.74. The molecule has 0 aliphatic rings. The van der Waals surface area contributed by atoms with Crippen LogP contribution in [0.25, 0.3) is 11.4 Å². The molecule has 0 radical (unpaired) electrons. The second-order valence-corrected chi connectivity index (χ2v) is 3.39. The van der Waals surface area contributed by atoms with E-state index in [1.54, 1.807) is 6.92 Å². The van der Waals surface area contributed by atoms with E-state index in [9.17, 15) is 9.59 Å². The maximum atomic E-state index is 11.8. The lowest BCUT2D eigenvalue weighted by atomic mass is 10.1. The van der Waals surface area contributed by atoms with Crippen molar-refractivity contribution >= 4 is 17.7 Å². The number of rotatable bonds is 4. The summed E-state index contributed by atoms with van der Waals surface area (Å²) in [6.45, 7) is 1.95. The number of hydrogen-bond donors (Lipinski definition) is 1. The lowest BCUT2D eigenvalue weighted by molar-refractivity contribution is 0.0527. The van der Waals surface area contributed by atoms with Gasteiger partial charge < -0.3 is 4.74 Å². The van der Waals surface area contributed by atoms with Gasteiger partial charge in [-0.3, -0.25) is 0 Å². The summed E-state index contributed by atoms with van der Waals surface area (Å²) in [5.41, 5.74) is 0.986. The summed E-state index contributed by atoms with van der Waals surface area (Å²) in [4.78, 5) is 25.6. The molecule has 0 fully saturated rings. The molecule has 2 rings (SSSR count). The second-order valence-electron chi connectivity index (χ2n) is 3.39. The largest absolute Gasteiger partial charge is 0.462 e. The van der Waals surface area contributed by atoms with Crippen LogP contribution < -0.4 is 0 Å². The number of nitrogens with one attached hydrogen (secondary N) is 1. The summed E-state index contributed by atoms with van der Waals surface area (Å²) >= 11 is 0. The predicted octanol–water partition coefficient (Wildman–Crippen LogP) is 1.01. The molecule has 1 aromatic carbocycles. The highest BCUT2D eigenvalue weighted by atomic mass is 16.5. The van der Waals surface area contributed by atoms with E-state index in [0.29, 0.717) is 11.3 Å². The lowest BCUT2D eigenvalue weighted by Gasteiger charge is -2.06. The third kappa shape index (κ3) is 2.70. The molecule has 0 spiro atoms. The van der Waals surface area contributed by atoms with E-state index < -0.39 is 5.97 Å². The van der Waals surface area contributed by atoms with Crippen molar-refractivity contribution in [2.24, 2.45) is 4.99 Å². The summed E-state index contributed by atoms with van der Waals surface area (Å²) in [6.07, 6.45) is 1.42. The van der Waals surface area contributed by atoms with Gasteiger partial charge in [-0.25, -0.2) is 9.59 Å². The first-order chi connectivity index (χ1) is 9.26. The van der Waals surface area contributed by atoms with Gasteiger partial charge in [0.15, 0.2) is 0 Å². The zero-order chi connectivity index (χ0) is 13.7. The van der Waals surface area contributed by atoms with Gasteiger partial charge in [-0.1, -0.05) is 0 Å². The van der Waals surface area contributed by atoms with Gasteiger partial charge in [0.2, 0.25) is 11.9 Å². The average molecular weight is 259 g/mol. The summed E-state index contributed by atoms with van der Waals surface area (Å²) in [6, 6.07) is 4.47. The minimum Gasteiger partial charge on any atom is -0.462 e. The molecule has 0 atom stereocenters. The molecule has 0 saturated heterocycles. The van der Waals surface area contributed by atoms with Gasteiger partial charge in [-0.15, -0.1) is 10.2 Å². The van der Waals surface area contributed by atoms with Crippen molar-refractivity contribution in [2.75, 3.05) is 6.61 Å². The number of carbonyl (C=O) groups excluding carboxylic acids is 2. The Morgan fingerprint density at radius 2 is 2.37 bits per heavy atom. The highest BCUT2D eigenvalue weighted by molar-refractivity contribution is 5.97. The molecule has 2 aromatic rings. The van der Waals surface area contributed by atoms with Crippen molar-refractivity contribution in [3.05, 3.63) is 23.8 Å². The molecule has 8 nitrogen and oxygen atoms in total. The second kappa shape index (κ2) is 5.65. The predicted molar refractivity (Wildman–Crippen MR) is 63.4 cm³/mol. The standard InChI is InChI=1S/C11H9N5O3/c1-2-19-11(18)8-4-3-7(12-6-17)5-9(8)10-13-15-16-14-10/h3-5H,2H2,1H3,(H,13,14,15,16). The van der Waals surface area contributed by atoms with Crippen LogP contribution in [0.15, 0.2) is 23.2 Å². The number of aromatic nitrogens is 4. The molecule has 19 heavy (non-hydrogen) atoms. The van der Waals surface area contributed by atoms with Crippen LogP contribution in [-0.4, -0.2) is 39.3 Å². The van der Waals surface area contributed by atoms with Crippen LogP contribution in [0.4, 0.5) is 5.69 Å². The quantitative estimate of drug-likeness (QED) is 0.498. The first-order valence-electron chi connectivity index (χ1n) is 5.39. The third-order valence-corrected chi connectivity index (χ3v) is 2.26. The van der Waals surface area contributed by atoms with E-state index in [0.717, 1.165) is 0 Å². The Balaban J connectivity index is 2.54. The zero-order valence-corrected chi connectivity index (χ0v) is 9.95. The van der Waals surface area contributed by atoms with E-state index in [1.807, 2.05) is 0 Å². The lowest BCUT2D eigenvalue weighted by Crippen LogP contribution is -2.06. The van der Waals surface area contributed by atoms with Crippen LogP contribution in [0, 0.1) is 0 Å². The molecule has 0 aliphatic carbocycles. The van der Waals surface area contributed by atoms with E-state index in [4.69, 9.17) is 4.74 Å². The van der Waals surface area contributed by atoms with E-state index in [1.165, 1.54) is 24.3 Å². The number of hydrogen-bond acceptors (Lipinski definition) is 7. The maximum absolute atomic E-state index is 11.8. The Hall–Kier alpha value is -2.86. The zero-order valence-electron chi connectivity index (χ0n) is 9.95. The fraction of sp³-hybridized carbons (Fsp3) is 0.182. The smallest absolute Gasteiger partial charge is 0.338 e. The summed E-state index contributed by atoms with van der Waals surface area (Å²) in [7, 11) is 0. The van der Waals surface area contributed by atoms with Crippen molar-refractivity contribution in [1.29, 1.82) is 0 Å². The van der Waals surface area contributed by atoms with Gasteiger partial charge in [0.1, 0.15) is 0 Å². The van der Waals surface area contributed by atoms with Crippen LogP contribution in [0.5, 0.6) is 0 Å². The number of H-pyrrole nitrogens is 1. The fourth-order valence-electron chi connectivity index (χ4n) is 1.50. The van der Waals surface area contributed by atoms with Gasteiger partial charge in [0.05, 0.1) is 17.9 Å². The Morgan fingerprint density at radius 1 is 1.53 bits per heavy atom. The molecular formula is C11H9N5O3. The van der Waals surface area contributed by atoms with E-state index >= 15 is 0 Å².